The molecule has 1 aromatic heterocycles. The molecule has 2 aromatic carbocycles. The monoisotopic (exact) mass is 476 g/mol. The van der Waals surface area contributed by atoms with Crippen LogP contribution in [0.2, 0.25) is 5.02 Å². The van der Waals surface area contributed by atoms with Crippen LogP contribution in [0.25, 0.3) is 10.9 Å². The van der Waals surface area contributed by atoms with E-state index >= 15 is 0 Å². The van der Waals surface area contributed by atoms with E-state index < -0.39 is 15.9 Å². The van der Waals surface area contributed by atoms with E-state index in [1.54, 1.807) is 30.5 Å². The van der Waals surface area contributed by atoms with Crippen molar-refractivity contribution < 1.29 is 22.9 Å². The standard InChI is InChI=1S/C21H21ClN4O5S/c1-26(32(29,30)31)13-4-2-3-11(5-13)20(27)24-19-14-8-21(28,9-15(14)19)17-6-12(22)7-18-16(17)10-23-25-18/h2-7,10,14-15,19,28H,8-9H2,1H3,(H,23,25)(H,24,27)(H,29,30,31). The Labute approximate surface area is 189 Å². The van der Waals surface area contributed by atoms with Crippen LogP contribution in [-0.4, -0.2) is 47.3 Å². The summed E-state index contributed by atoms with van der Waals surface area (Å²) in [5, 5.41) is 22.6. The van der Waals surface area contributed by atoms with Gasteiger partial charge in [0.2, 0.25) is 0 Å². The highest BCUT2D eigenvalue weighted by Crippen LogP contribution is 2.60. The van der Waals surface area contributed by atoms with Crippen LogP contribution in [0.3, 0.4) is 0 Å². The Morgan fingerprint density at radius 1 is 1.28 bits per heavy atom. The van der Waals surface area contributed by atoms with Crippen molar-refractivity contribution in [3.8, 4) is 0 Å². The number of hydrogen-bond acceptors (Lipinski definition) is 5. The zero-order chi connectivity index (χ0) is 22.8. The molecule has 1 heterocycles. The quantitative estimate of drug-likeness (QED) is 0.418. The molecule has 0 saturated heterocycles. The van der Waals surface area contributed by atoms with Gasteiger partial charge < -0.3 is 10.4 Å². The summed E-state index contributed by atoms with van der Waals surface area (Å²) in [5.74, 6) is -0.0689. The number of rotatable bonds is 5. The molecule has 0 radical (unpaired) electrons. The minimum atomic E-state index is -4.42. The fourth-order valence-electron chi connectivity index (χ4n) is 4.91. The number of carbonyl (C=O) groups excluding carboxylic acids is 1. The lowest BCUT2D eigenvalue weighted by Gasteiger charge is -2.27. The average Bonchev–Trinajstić information content (AvgIpc) is 3.10. The summed E-state index contributed by atoms with van der Waals surface area (Å²) >= 11 is 6.22. The fourth-order valence-corrected chi connectivity index (χ4v) is 5.51. The number of hydrogen-bond donors (Lipinski definition) is 4. The topological polar surface area (TPSA) is 136 Å². The molecule has 0 bridgehead atoms. The van der Waals surface area contributed by atoms with Crippen LogP contribution in [0.1, 0.15) is 28.8 Å². The molecule has 2 fully saturated rings. The summed E-state index contributed by atoms with van der Waals surface area (Å²) < 4.78 is 32.6. The number of anilines is 1. The number of nitrogens with zero attached hydrogens (tertiary/aromatic N) is 2. The van der Waals surface area contributed by atoms with E-state index in [0.29, 0.717) is 22.2 Å². The first-order valence-electron chi connectivity index (χ1n) is 10.0. The van der Waals surface area contributed by atoms with Crippen LogP contribution in [0, 0.1) is 11.8 Å². The Bertz CT molecular complexity index is 1330. The second kappa shape index (κ2) is 7.17. The van der Waals surface area contributed by atoms with Crippen LogP contribution >= 0.6 is 11.6 Å². The number of amides is 1. The van der Waals surface area contributed by atoms with Gasteiger partial charge in [-0.25, -0.2) is 0 Å². The van der Waals surface area contributed by atoms with Gasteiger partial charge in [-0.2, -0.15) is 13.5 Å². The molecular weight excluding hydrogens is 456 g/mol. The first-order chi connectivity index (χ1) is 15.1. The van der Waals surface area contributed by atoms with Gasteiger partial charge in [-0.15, -0.1) is 0 Å². The number of nitrogens with one attached hydrogen (secondary N) is 2. The van der Waals surface area contributed by atoms with Gasteiger partial charge in [0.1, 0.15) is 0 Å². The van der Waals surface area contributed by atoms with Crippen molar-refractivity contribution in [3.63, 3.8) is 0 Å². The predicted octanol–water partition coefficient (Wildman–Crippen LogP) is 2.48. The van der Waals surface area contributed by atoms with Gasteiger partial charge in [0.15, 0.2) is 0 Å². The minimum Gasteiger partial charge on any atom is -0.385 e. The summed E-state index contributed by atoms with van der Waals surface area (Å²) in [4.78, 5) is 12.7. The maximum atomic E-state index is 12.7. The van der Waals surface area contributed by atoms with Gasteiger partial charge in [-0.05, 0) is 60.6 Å². The highest BCUT2D eigenvalue weighted by molar-refractivity contribution is 7.87. The van der Waals surface area contributed by atoms with Gasteiger partial charge >= 0.3 is 10.3 Å². The summed E-state index contributed by atoms with van der Waals surface area (Å²) in [6.07, 6.45) is 2.67. The SMILES string of the molecule is CN(c1cccc(C(=O)NC2C3CC(O)(c4cc(Cl)cc5[nH]ncc45)CC32)c1)S(=O)(=O)O. The number of aromatic nitrogens is 2. The third-order valence-electron chi connectivity index (χ3n) is 6.62. The predicted molar refractivity (Wildman–Crippen MR) is 119 cm³/mol. The first-order valence-corrected chi connectivity index (χ1v) is 11.8. The van der Waals surface area contributed by atoms with Gasteiger partial charge in [-0.1, -0.05) is 17.7 Å². The lowest BCUT2D eigenvalue weighted by atomic mass is 9.86. The zero-order valence-corrected chi connectivity index (χ0v) is 18.6. The molecule has 0 spiro atoms. The first kappa shape index (κ1) is 21.2. The number of fused-ring (bicyclic) bond motifs is 2. The summed E-state index contributed by atoms with van der Waals surface area (Å²) in [5.41, 5.74) is 0.929. The molecule has 2 aliphatic carbocycles. The molecule has 32 heavy (non-hydrogen) atoms. The van der Waals surface area contributed by atoms with Gasteiger partial charge in [0, 0.05) is 29.1 Å². The Hall–Kier alpha value is -2.66. The molecule has 2 unspecified atom stereocenters. The van der Waals surface area contributed by atoms with Gasteiger partial charge in [-0.3, -0.25) is 18.8 Å². The summed E-state index contributed by atoms with van der Waals surface area (Å²) in [7, 11) is -3.22. The van der Waals surface area contributed by atoms with Crippen LogP contribution in [0.5, 0.6) is 0 Å². The van der Waals surface area contributed by atoms with Crippen LogP contribution < -0.4 is 9.62 Å². The lowest BCUT2D eigenvalue weighted by Crippen LogP contribution is -2.33. The molecule has 11 heteroatoms. The number of aliphatic hydroxyl groups is 1. The van der Waals surface area contributed by atoms with Crippen LogP contribution in [0.15, 0.2) is 42.6 Å². The van der Waals surface area contributed by atoms with E-state index in [0.717, 1.165) is 16.5 Å². The minimum absolute atomic E-state index is 0.0650. The molecule has 3 aromatic rings. The largest absolute Gasteiger partial charge is 0.385 e. The fraction of sp³-hybridized carbons (Fsp3) is 0.333. The van der Waals surface area contributed by atoms with E-state index in [-0.39, 0.29) is 35.0 Å². The molecule has 2 saturated carbocycles. The molecule has 1 amide bonds. The van der Waals surface area contributed by atoms with Crippen molar-refractivity contribution >= 4 is 44.4 Å². The molecule has 2 aliphatic rings. The zero-order valence-electron chi connectivity index (χ0n) is 17.0. The van der Waals surface area contributed by atoms with E-state index in [2.05, 4.69) is 15.5 Å². The Kier molecular flexibility index (Phi) is 4.75. The molecule has 2 atom stereocenters. The molecule has 5 rings (SSSR count). The maximum absolute atomic E-state index is 12.7. The molecule has 9 nitrogen and oxygen atoms in total. The second-order valence-corrected chi connectivity index (χ2v) is 10.4. The second-order valence-electron chi connectivity index (χ2n) is 8.55. The van der Waals surface area contributed by atoms with Crippen molar-refractivity contribution in [1.29, 1.82) is 0 Å². The molecular formula is C21H21ClN4O5S. The highest BCUT2D eigenvalue weighted by atomic mass is 35.5. The Morgan fingerprint density at radius 3 is 2.69 bits per heavy atom. The third kappa shape index (κ3) is 3.53. The van der Waals surface area contributed by atoms with Crippen LogP contribution in [0.4, 0.5) is 5.69 Å². The van der Waals surface area contributed by atoms with E-state index in [9.17, 15) is 22.9 Å². The lowest BCUT2D eigenvalue weighted by molar-refractivity contribution is 0.0293. The van der Waals surface area contributed by atoms with Crippen molar-refractivity contribution in [2.75, 3.05) is 11.4 Å². The van der Waals surface area contributed by atoms with Crippen molar-refractivity contribution in [2.45, 2.75) is 24.5 Å². The number of halogens is 1. The van der Waals surface area contributed by atoms with Crippen LogP contribution in [-0.2, 0) is 15.9 Å². The molecule has 4 N–H and O–H groups in total. The van der Waals surface area contributed by atoms with Crippen molar-refractivity contribution in [2.24, 2.45) is 11.8 Å². The third-order valence-corrected chi connectivity index (χ3v) is 7.74. The van der Waals surface area contributed by atoms with Crippen molar-refractivity contribution in [1.82, 2.24) is 15.5 Å². The van der Waals surface area contributed by atoms with Gasteiger partial charge in [0.25, 0.3) is 5.91 Å². The van der Waals surface area contributed by atoms with E-state index in [1.165, 1.54) is 19.2 Å². The van der Waals surface area contributed by atoms with Crippen molar-refractivity contribution in [3.05, 3.63) is 58.7 Å². The number of aromatic amines is 1. The Morgan fingerprint density at radius 2 is 2.00 bits per heavy atom. The molecule has 168 valence electrons. The van der Waals surface area contributed by atoms with E-state index in [1.807, 2.05) is 0 Å². The molecule has 0 aliphatic heterocycles. The summed E-state index contributed by atoms with van der Waals surface area (Å²) in [6.45, 7) is 0. The average molecular weight is 477 g/mol. The number of benzene rings is 2. The van der Waals surface area contributed by atoms with E-state index in [4.69, 9.17) is 11.6 Å². The van der Waals surface area contributed by atoms with Gasteiger partial charge in [0.05, 0.1) is 23.0 Å². The summed E-state index contributed by atoms with van der Waals surface area (Å²) in [6, 6.07) is 9.49. The number of H-pyrrole nitrogens is 1. The number of carbonyl (C=O) groups is 1. The normalized spacial score (nSPS) is 26.7. The smallest absolute Gasteiger partial charge is 0.359 e. The highest BCUT2D eigenvalue weighted by Gasteiger charge is 2.62. The Balaban J connectivity index is 1.29. The maximum Gasteiger partial charge on any atom is 0.359 e.